The maximum absolute atomic E-state index is 5.00. The monoisotopic (exact) mass is 626 g/mol. The Bertz CT molecular complexity index is 2500. The normalized spacial score (nSPS) is 11.3. The number of benzene rings is 7. The Balaban J connectivity index is 1.15. The van der Waals surface area contributed by atoms with E-state index in [4.69, 9.17) is 15.0 Å². The van der Waals surface area contributed by atoms with Crippen molar-refractivity contribution in [1.82, 2.24) is 19.5 Å². The minimum atomic E-state index is 0.640. The first-order valence-electron chi connectivity index (χ1n) is 16.5. The van der Waals surface area contributed by atoms with Crippen LogP contribution in [0.5, 0.6) is 0 Å². The summed E-state index contributed by atoms with van der Waals surface area (Å²) in [4.78, 5) is 14.9. The summed E-state index contributed by atoms with van der Waals surface area (Å²) >= 11 is 0. The molecule has 0 unspecified atom stereocenters. The molecule has 0 saturated heterocycles. The highest BCUT2D eigenvalue weighted by molar-refractivity contribution is 6.10. The summed E-state index contributed by atoms with van der Waals surface area (Å²) in [6, 6.07) is 63.5. The van der Waals surface area contributed by atoms with E-state index in [1.807, 2.05) is 66.7 Å². The van der Waals surface area contributed by atoms with Crippen LogP contribution in [0.4, 0.5) is 0 Å². The van der Waals surface area contributed by atoms with Crippen molar-refractivity contribution in [3.8, 4) is 62.1 Å². The highest BCUT2D eigenvalue weighted by Crippen LogP contribution is 2.36. The van der Waals surface area contributed by atoms with Crippen LogP contribution in [0.3, 0.4) is 0 Å². The van der Waals surface area contributed by atoms with Crippen molar-refractivity contribution >= 4 is 21.8 Å². The van der Waals surface area contributed by atoms with Gasteiger partial charge >= 0.3 is 0 Å². The summed E-state index contributed by atoms with van der Waals surface area (Å²) in [7, 11) is 0. The van der Waals surface area contributed by atoms with E-state index in [-0.39, 0.29) is 0 Å². The fraction of sp³-hybridized carbons (Fsp3) is 0. The summed E-state index contributed by atoms with van der Waals surface area (Å²) in [6.07, 6.45) is 0. The van der Waals surface area contributed by atoms with Crippen molar-refractivity contribution in [1.29, 1.82) is 0 Å². The van der Waals surface area contributed by atoms with Gasteiger partial charge in [0, 0.05) is 33.2 Å². The molecule has 4 nitrogen and oxygen atoms in total. The molecule has 0 amide bonds. The van der Waals surface area contributed by atoms with Gasteiger partial charge in [-0.2, -0.15) is 0 Å². The Morgan fingerprint density at radius 1 is 0.286 bits per heavy atom. The zero-order valence-corrected chi connectivity index (χ0v) is 26.6. The number of hydrogen-bond donors (Lipinski definition) is 0. The number of nitrogens with zero attached hydrogens (tertiary/aromatic N) is 4. The smallest absolute Gasteiger partial charge is 0.164 e. The van der Waals surface area contributed by atoms with Crippen molar-refractivity contribution in [3.63, 3.8) is 0 Å². The fourth-order valence-electron chi connectivity index (χ4n) is 6.61. The standard InChI is InChI=1S/C45H30N4/c1-4-12-31(13-5-1)32-20-22-33(23-21-32)34-24-27-38(28-25-34)49-41-19-11-10-18-39(41)40-29-26-37(30-42(40)49)45-47-43(35-14-6-2-7-15-35)46-44(48-45)36-16-8-3-9-17-36/h1-30H. The Morgan fingerprint density at radius 2 is 0.673 bits per heavy atom. The van der Waals surface area contributed by atoms with Gasteiger partial charge in [-0.3, -0.25) is 0 Å². The molecule has 0 N–H and O–H groups in total. The molecule has 4 heteroatoms. The molecule has 0 aliphatic carbocycles. The van der Waals surface area contributed by atoms with Crippen molar-refractivity contribution in [2.24, 2.45) is 0 Å². The zero-order chi connectivity index (χ0) is 32.6. The van der Waals surface area contributed by atoms with Crippen molar-refractivity contribution in [2.45, 2.75) is 0 Å². The number of rotatable bonds is 6. The lowest BCUT2D eigenvalue weighted by Gasteiger charge is -2.11. The first-order chi connectivity index (χ1) is 24.3. The molecule has 9 aromatic rings. The van der Waals surface area contributed by atoms with Gasteiger partial charge in [0.2, 0.25) is 0 Å². The second-order valence-corrected chi connectivity index (χ2v) is 12.1. The van der Waals surface area contributed by atoms with Crippen LogP contribution < -0.4 is 0 Å². The van der Waals surface area contributed by atoms with Gasteiger partial charge in [0.15, 0.2) is 17.5 Å². The molecule has 230 valence electrons. The Morgan fingerprint density at radius 3 is 1.22 bits per heavy atom. The highest BCUT2D eigenvalue weighted by Gasteiger charge is 2.16. The zero-order valence-electron chi connectivity index (χ0n) is 26.6. The lowest BCUT2D eigenvalue weighted by Crippen LogP contribution is -2.00. The first kappa shape index (κ1) is 28.6. The quantitative estimate of drug-likeness (QED) is 0.184. The molecule has 2 aromatic heterocycles. The third-order valence-corrected chi connectivity index (χ3v) is 9.08. The predicted molar refractivity (Wildman–Crippen MR) is 201 cm³/mol. The molecule has 0 aliphatic rings. The van der Waals surface area contributed by atoms with Gasteiger partial charge in [-0.1, -0.05) is 158 Å². The largest absolute Gasteiger partial charge is 0.309 e. The molecule has 0 saturated carbocycles. The predicted octanol–water partition coefficient (Wildman–Crippen LogP) is 11.3. The molecule has 0 atom stereocenters. The topological polar surface area (TPSA) is 43.6 Å². The SMILES string of the molecule is c1ccc(-c2ccc(-c3ccc(-n4c5ccccc5c5ccc(-c6nc(-c7ccccc7)nc(-c7ccccc7)n6)cc54)cc3)cc2)cc1. The molecular formula is C45H30N4. The number of aromatic nitrogens is 4. The van der Waals surface area contributed by atoms with E-state index < -0.39 is 0 Å². The molecular weight excluding hydrogens is 597 g/mol. The molecule has 0 spiro atoms. The average molecular weight is 627 g/mol. The van der Waals surface area contributed by atoms with Crippen LogP contribution in [0.15, 0.2) is 182 Å². The van der Waals surface area contributed by atoms with Crippen molar-refractivity contribution in [2.75, 3.05) is 0 Å². The summed E-state index contributed by atoms with van der Waals surface area (Å²) in [5, 5.41) is 2.38. The maximum Gasteiger partial charge on any atom is 0.164 e. The second kappa shape index (κ2) is 12.2. The molecule has 0 aliphatic heterocycles. The van der Waals surface area contributed by atoms with E-state index in [1.165, 1.54) is 33.0 Å². The van der Waals surface area contributed by atoms with Gasteiger partial charge in [-0.25, -0.2) is 15.0 Å². The summed E-state index contributed by atoms with van der Waals surface area (Å²) in [5.74, 6) is 1.94. The van der Waals surface area contributed by atoms with E-state index in [0.29, 0.717) is 17.5 Å². The fourth-order valence-corrected chi connectivity index (χ4v) is 6.61. The summed E-state index contributed by atoms with van der Waals surface area (Å²) in [6.45, 7) is 0. The van der Waals surface area contributed by atoms with Crippen LogP contribution in [-0.4, -0.2) is 19.5 Å². The van der Waals surface area contributed by atoms with Crippen LogP contribution >= 0.6 is 0 Å². The van der Waals surface area contributed by atoms with E-state index in [1.54, 1.807) is 0 Å². The minimum Gasteiger partial charge on any atom is -0.309 e. The molecule has 2 heterocycles. The van der Waals surface area contributed by atoms with E-state index in [0.717, 1.165) is 33.4 Å². The van der Waals surface area contributed by atoms with Gasteiger partial charge < -0.3 is 4.57 Å². The van der Waals surface area contributed by atoms with E-state index >= 15 is 0 Å². The second-order valence-electron chi connectivity index (χ2n) is 12.1. The van der Waals surface area contributed by atoms with Gasteiger partial charge in [0.05, 0.1) is 11.0 Å². The van der Waals surface area contributed by atoms with Gasteiger partial charge in [0.25, 0.3) is 0 Å². The number of para-hydroxylation sites is 1. The van der Waals surface area contributed by atoms with Crippen molar-refractivity contribution in [3.05, 3.63) is 182 Å². The summed E-state index contributed by atoms with van der Waals surface area (Å²) in [5.41, 5.74) is 11.0. The van der Waals surface area contributed by atoms with Crippen molar-refractivity contribution < 1.29 is 0 Å². The molecule has 0 radical (unpaired) electrons. The Labute approximate surface area is 284 Å². The summed E-state index contributed by atoms with van der Waals surface area (Å²) < 4.78 is 2.34. The Kier molecular flexibility index (Phi) is 7.10. The lowest BCUT2D eigenvalue weighted by molar-refractivity contribution is 1.07. The van der Waals surface area contributed by atoms with Gasteiger partial charge in [0.1, 0.15) is 0 Å². The van der Waals surface area contributed by atoms with Gasteiger partial charge in [-0.05, 0) is 46.5 Å². The van der Waals surface area contributed by atoms with Crippen LogP contribution in [-0.2, 0) is 0 Å². The Hall–Kier alpha value is -6.65. The lowest BCUT2D eigenvalue weighted by atomic mass is 10.0. The first-order valence-corrected chi connectivity index (χ1v) is 16.5. The molecule has 9 rings (SSSR count). The maximum atomic E-state index is 5.00. The van der Waals surface area contributed by atoms with Crippen LogP contribution in [0, 0.1) is 0 Å². The third kappa shape index (κ3) is 5.35. The van der Waals surface area contributed by atoms with Crippen LogP contribution in [0.2, 0.25) is 0 Å². The molecule has 0 bridgehead atoms. The van der Waals surface area contributed by atoms with Crippen LogP contribution in [0.1, 0.15) is 0 Å². The number of hydrogen-bond acceptors (Lipinski definition) is 3. The number of fused-ring (bicyclic) bond motifs is 3. The third-order valence-electron chi connectivity index (χ3n) is 9.08. The minimum absolute atomic E-state index is 0.640. The molecule has 7 aromatic carbocycles. The average Bonchev–Trinajstić information content (AvgIpc) is 3.52. The molecule has 49 heavy (non-hydrogen) atoms. The van der Waals surface area contributed by atoms with E-state index in [9.17, 15) is 0 Å². The molecule has 0 fully saturated rings. The van der Waals surface area contributed by atoms with Gasteiger partial charge in [-0.15, -0.1) is 0 Å². The van der Waals surface area contributed by atoms with E-state index in [2.05, 4.69) is 120 Å². The van der Waals surface area contributed by atoms with Crippen LogP contribution in [0.25, 0.3) is 83.9 Å². The highest BCUT2D eigenvalue weighted by atomic mass is 15.0.